The summed E-state index contributed by atoms with van der Waals surface area (Å²) in [4.78, 5) is 18.8. The van der Waals surface area contributed by atoms with Crippen molar-refractivity contribution in [2.24, 2.45) is 0 Å². The molecule has 25 heavy (non-hydrogen) atoms. The fraction of sp³-hybridized carbons (Fsp3) is 0.294. The van der Waals surface area contributed by atoms with E-state index in [2.05, 4.69) is 25.4 Å². The van der Waals surface area contributed by atoms with Crippen LogP contribution in [0.15, 0.2) is 36.7 Å². The number of fused-ring (bicyclic) bond motifs is 1. The van der Waals surface area contributed by atoms with Crippen LogP contribution in [-0.2, 0) is 0 Å². The van der Waals surface area contributed by atoms with E-state index >= 15 is 0 Å². The molecule has 3 heterocycles. The second kappa shape index (κ2) is 6.12. The maximum absolute atomic E-state index is 13.3. The second-order valence-corrected chi connectivity index (χ2v) is 6.11. The first kappa shape index (κ1) is 15.5. The Morgan fingerprint density at radius 3 is 3.08 bits per heavy atom. The zero-order valence-corrected chi connectivity index (χ0v) is 13.7. The van der Waals surface area contributed by atoms with Crippen LogP contribution in [0.5, 0.6) is 0 Å². The number of carbonyl (C=O) groups excluding carboxylic acids is 1. The number of anilines is 1. The number of aryl methyl sites for hydroxylation is 1. The summed E-state index contributed by atoms with van der Waals surface area (Å²) in [6, 6.07) is 5.67. The molecule has 8 heteroatoms. The highest BCUT2D eigenvalue weighted by atomic mass is 19.1. The molecule has 1 amide bonds. The molecule has 0 saturated carbocycles. The third-order valence-corrected chi connectivity index (χ3v) is 4.39. The van der Waals surface area contributed by atoms with Gasteiger partial charge < -0.3 is 10.2 Å². The number of carbonyl (C=O) groups is 1. The van der Waals surface area contributed by atoms with Crippen LogP contribution in [0, 0.1) is 12.7 Å². The minimum absolute atomic E-state index is 0.0261. The minimum atomic E-state index is -0.418. The van der Waals surface area contributed by atoms with Gasteiger partial charge in [-0.1, -0.05) is 6.07 Å². The van der Waals surface area contributed by atoms with Gasteiger partial charge in [0, 0.05) is 37.1 Å². The van der Waals surface area contributed by atoms with E-state index in [-0.39, 0.29) is 11.9 Å². The fourth-order valence-corrected chi connectivity index (χ4v) is 3.12. The van der Waals surface area contributed by atoms with Crippen molar-refractivity contribution in [1.29, 1.82) is 0 Å². The standard InChI is InChI=1S/C17H17FN6O/c1-11-21-22-16-15(19-6-8-24(11)16)23-7-5-14(10-23)20-17(25)12-3-2-4-13(18)9-12/h2-4,6,8-9,14H,5,7,10H2,1H3,(H,20,25)/t14-/m1/s1. The normalized spacial score (nSPS) is 17.2. The van der Waals surface area contributed by atoms with E-state index in [1.807, 2.05) is 17.5 Å². The summed E-state index contributed by atoms with van der Waals surface area (Å²) < 4.78 is 15.2. The van der Waals surface area contributed by atoms with Gasteiger partial charge >= 0.3 is 0 Å². The van der Waals surface area contributed by atoms with E-state index in [9.17, 15) is 9.18 Å². The van der Waals surface area contributed by atoms with Gasteiger partial charge in [0.05, 0.1) is 0 Å². The third kappa shape index (κ3) is 2.90. The lowest BCUT2D eigenvalue weighted by molar-refractivity contribution is 0.0940. The van der Waals surface area contributed by atoms with Gasteiger partial charge in [-0.05, 0) is 31.5 Å². The second-order valence-electron chi connectivity index (χ2n) is 6.11. The Morgan fingerprint density at radius 1 is 1.36 bits per heavy atom. The van der Waals surface area contributed by atoms with Gasteiger partial charge in [-0.2, -0.15) is 0 Å². The van der Waals surface area contributed by atoms with E-state index in [1.54, 1.807) is 12.3 Å². The quantitative estimate of drug-likeness (QED) is 0.783. The molecule has 1 atom stereocenters. The number of nitrogens with zero attached hydrogens (tertiary/aromatic N) is 5. The van der Waals surface area contributed by atoms with Crippen molar-refractivity contribution in [3.8, 4) is 0 Å². The number of nitrogens with one attached hydrogen (secondary N) is 1. The van der Waals surface area contributed by atoms with Crippen LogP contribution >= 0.6 is 0 Å². The molecule has 0 bridgehead atoms. The molecule has 1 aromatic carbocycles. The topological polar surface area (TPSA) is 75.4 Å². The molecule has 0 unspecified atom stereocenters. The molecule has 2 aromatic heterocycles. The molecule has 1 aliphatic rings. The van der Waals surface area contributed by atoms with Crippen molar-refractivity contribution in [2.45, 2.75) is 19.4 Å². The smallest absolute Gasteiger partial charge is 0.251 e. The van der Waals surface area contributed by atoms with Crippen molar-refractivity contribution in [3.05, 3.63) is 53.9 Å². The van der Waals surface area contributed by atoms with Crippen LogP contribution < -0.4 is 10.2 Å². The van der Waals surface area contributed by atoms with Crippen LogP contribution in [0.25, 0.3) is 5.65 Å². The van der Waals surface area contributed by atoms with Gasteiger partial charge in [-0.3, -0.25) is 9.20 Å². The Morgan fingerprint density at radius 2 is 2.24 bits per heavy atom. The summed E-state index contributed by atoms with van der Waals surface area (Å²) in [7, 11) is 0. The molecule has 128 valence electrons. The molecule has 4 rings (SSSR count). The molecular weight excluding hydrogens is 323 g/mol. The first-order chi connectivity index (χ1) is 12.1. The van der Waals surface area contributed by atoms with Crippen molar-refractivity contribution in [3.63, 3.8) is 0 Å². The highest BCUT2D eigenvalue weighted by molar-refractivity contribution is 5.94. The first-order valence-electron chi connectivity index (χ1n) is 8.09. The molecule has 1 aliphatic heterocycles. The van der Waals surface area contributed by atoms with Crippen molar-refractivity contribution in [2.75, 3.05) is 18.0 Å². The van der Waals surface area contributed by atoms with Crippen LogP contribution in [0.1, 0.15) is 22.6 Å². The number of hydrogen-bond donors (Lipinski definition) is 1. The zero-order chi connectivity index (χ0) is 17.4. The van der Waals surface area contributed by atoms with Gasteiger partial charge in [-0.25, -0.2) is 9.37 Å². The lowest BCUT2D eigenvalue weighted by Gasteiger charge is -2.18. The van der Waals surface area contributed by atoms with Gasteiger partial charge in [0.25, 0.3) is 5.91 Å². The number of amides is 1. The molecule has 0 spiro atoms. The molecule has 7 nitrogen and oxygen atoms in total. The highest BCUT2D eigenvalue weighted by Gasteiger charge is 2.27. The summed E-state index contributed by atoms with van der Waals surface area (Å²) in [5, 5.41) is 11.2. The van der Waals surface area contributed by atoms with Gasteiger partial charge in [0.15, 0.2) is 5.82 Å². The Kier molecular flexibility index (Phi) is 3.79. The van der Waals surface area contributed by atoms with E-state index in [0.717, 1.165) is 24.6 Å². The largest absolute Gasteiger partial charge is 0.351 e. The lowest BCUT2D eigenvalue weighted by atomic mass is 10.2. The van der Waals surface area contributed by atoms with Crippen LogP contribution in [0.4, 0.5) is 10.2 Å². The Balaban J connectivity index is 1.48. The maximum Gasteiger partial charge on any atom is 0.251 e. The molecule has 1 fully saturated rings. The first-order valence-corrected chi connectivity index (χ1v) is 8.09. The minimum Gasteiger partial charge on any atom is -0.351 e. The van der Waals surface area contributed by atoms with E-state index in [1.165, 1.54) is 18.2 Å². The Hall–Kier alpha value is -3.03. The molecule has 1 N–H and O–H groups in total. The number of aromatic nitrogens is 4. The van der Waals surface area contributed by atoms with Crippen molar-refractivity contribution < 1.29 is 9.18 Å². The van der Waals surface area contributed by atoms with Gasteiger partial charge in [0.1, 0.15) is 11.6 Å². The highest BCUT2D eigenvalue weighted by Crippen LogP contribution is 2.22. The van der Waals surface area contributed by atoms with E-state index < -0.39 is 5.82 Å². The molecule has 3 aromatic rings. The summed E-state index contributed by atoms with van der Waals surface area (Å²) in [6.45, 7) is 3.27. The Bertz CT molecular complexity index is 940. The summed E-state index contributed by atoms with van der Waals surface area (Å²) >= 11 is 0. The van der Waals surface area contributed by atoms with Crippen LogP contribution in [0.2, 0.25) is 0 Å². The lowest BCUT2D eigenvalue weighted by Crippen LogP contribution is -2.37. The fourth-order valence-electron chi connectivity index (χ4n) is 3.12. The number of rotatable bonds is 3. The summed E-state index contributed by atoms with van der Waals surface area (Å²) in [5.41, 5.74) is 1.03. The average molecular weight is 340 g/mol. The molecule has 1 saturated heterocycles. The number of hydrogen-bond acceptors (Lipinski definition) is 5. The predicted octanol–water partition coefficient (Wildman–Crippen LogP) is 1.58. The van der Waals surface area contributed by atoms with Crippen LogP contribution in [0.3, 0.4) is 0 Å². The monoisotopic (exact) mass is 340 g/mol. The SMILES string of the molecule is Cc1nnc2c(N3CC[C@@H](NC(=O)c4cccc(F)c4)C3)nccn12. The summed E-state index contributed by atoms with van der Waals surface area (Å²) in [6.07, 6.45) is 4.34. The molecule has 0 radical (unpaired) electrons. The van der Waals surface area contributed by atoms with E-state index in [4.69, 9.17) is 0 Å². The van der Waals surface area contributed by atoms with Crippen LogP contribution in [-0.4, -0.2) is 44.6 Å². The molecule has 0 aliphatic carbocycles. The predicted molar refractivity (Wildman–Crippen MR) is 90.0 cm³/mol. The van der Waals surface area contributed by atoms with E-state index in [0.29, 0.717) is 17.8 Å². The third-order valence-electron chi connectivity index (χ3n) is 4.39. The summed E-state index contributed by atoms with van der Waals surface area (Å²) in [5.74, 6) is 0.869. The average Bonchev–Trinajstić information content (AvgIpc) is 3.22. The van der Waals surface area contributed by atoms with Crippen molar-refractivity contribution in [1.82, 2.24) is 24.9 Å². The maximum atomic E-state index is 13.3. The van der Waals surface area contributed by atoms with Crippen molar-refractivity contribution >= 4 is 17.4 Å². The number of halogens is 1. The van der Waals surface area contributed by atoms with Gasteiger partial charge in [0.2, 0.25) is 5.65 Å². The molecular formula is C17H17FN6O. The van der Waals surface area contributed by atoms with Gasteiger partial charge in [-0.15, -0.1) is 10.2 Å². The number of benzene rings is 1. The zero-order valence-electron chi connectivity index (χ0n) is 13.7. The Labute approximate surface area is 143 Å².